The highest BCUT2D eigenvalue weighted by Crippen LogP contribution is 2.49. The molecule has 4 nitrogen and oxygen atoms in total. The van der Waals surface area contributed by atoms with Gasteiger partial charge in [0.25, 0.3) is 0 Å². The topological polar surface area (TPSA) is 55.4 Å². The van der Waals surface area contributed by atoms with Gasteiger partial charge in [0.2, 0.25) is 5.91 Å². The van der Waals surface area contributed by atoms with Crippen molar-refractivity contribution < 1.29 is 18.7 Å². The fourth-order valence-corrected chi connectivity index (χ4v) is 2.25. The molecular formula is C15H18FNO3. The second-order valence-corrected chi connectivity index (χ2v) is 5.01. The van der Waals surface area contributed by atoms with E-state index in [2.05, 4.69) is 5.32 Å². The molecule has 2 rings (SSSR count). The molecular weight excluding hydrogens is 261 g/mol. The average Bonchev–Trinajstić information content (AvgIpc) is 3.21. The van der Waals surface area contributed by atoms with Crippen molar-refractivity contribution in [1.29, 1.82) is 0 Å². The molecule has 108 valence electrons. The van der Waals surface area contributed by atoms with E-state index in [-0.39, 0.29) is 18.3 Å². The second kappa shape index (κ2) is 5.61. The number of rotatable bonds is 5. The summed E-state index contributed by atoms with van der Waals surface area (Å²) in [4.78, 5) is 23.8. The van der Waals surface area contributed by atoms with Gasteiger partial charge in [-0.2, -0.15) is 0 Å². The van der Waals surface area contributed by atoms with E-state index in [1.54, 1.807) is 32.0 Å². The number of nitrogens with one attached hydrogen (secondary N) is 1. The molecule has 0 unspecified atom stereocenters. The van der Waals surface area contributed by atoms with E-state index in [9.17, 15) is 14.0 Å². The van der Waals surface area contributed by atoms with Gasteiger partial charge in [-0.3, -0.25) is 4.79 Å². The van der Waals surface area contributed by atoms with Crippen LogP contribution in [0.2, 0.25) is 0 Å². The number of esters is 1. The molecule has 1 fully saturated rings. The lowest BCUT2D eigenvalue weighted by Gasteiger charge is -2.19. The molecule has 1 aromatic rings. The summed E-state index contributed by atoms with van der Waals surface area (Å²) < 4.78 is 18.7. The summed E-state index contributed by atoms with van der Waals surface area (Å²) in [5.74, 6) is -1.18. The first-order valence-corrected chi connectivity index (χ1v) is 6.74. The predicted molar refractivity (Wildman–Crippen MR) is 71.5 cm³/mol. The number of carbonyl (C=O) groups excluding carboxylic acids is 2. The minimum atomic E-state index is -0.827. The van der Waals surface area contributed by atoms with Gasteiger partial charge in [-0.15, -0.1) is 0 Å². The first kappa shape index (κ1) is 14.5. The van der Waals surface area contributed by atoms with Gasteiger partial charge in [0.1, 0.15) is 11.9 Å². The van der Waals surface area contributed by atoms with E-state index in [1.165, 1.54) is 6.07 Å². The zero-order valence-corrected chi connectivity index (χ0v) is 11.6. The van der Waals surface area contributed by atoms with Crippen molar-refractivity contribution in [3.05, 3.63) is 35.6 Å². The van der Waals surface area contributed by atoms with Crippen LogP contribution in [0.3, 0.4) is 0 Å². The number of amides is 1. The summed E-state index contributed by atoms with van der Waals surface area (Å²) in [5, 5.41) is 2.61. The monoisotopic (exact) mass is 279 g/mol. The molecule has 1 aromatic carbocycles. The van der Waals surface area contributed by atoms with Crippen molar-refractivity contribution >= 4 is 11.9 Å². The number of hydrogen-bond donors (Lipinski definition) is 1. The molecule has 1 N–H and O–H groups in total. The lowest BCUT2D eigenvalue weighted by Crippen LogP contribution is -2.44. The SMILES string of the molecule is CCOC(=O)[C@H](C)NC(=O)C1(c2ccccc2F)CC1. The first-order chi connectivity index (χ1) is 9.51. The van der Waals surface area contributed by atoms with Crippen LogP contribution in [0, 0.1) is 5.82 Å². The molecule has 0 bridgehead atoms. The number of carbonyl (C=O) groups is 2. The first-order valence-electron chi connectivity index (χ1n) is 6.74. The van der Waals surface area contributed by atoms with E-state index in [1.807, 2.05) is 0 Å². The molecule has 5 heteroatoms. The van der Waals surface area contributed by atoms with Crippen molar-refractivity contribution in [2.75, 3.05) is 6.61 Å². The largest absolute Gasteiger partial charge is 0.464 e. The highest BCUT2D eigenvalue weighted by Gasteiger charge is 2.53. The third kappa shape index (κ3) is 2.66. The van der Waals surface area contributed by atoms with Crippen LogP contribution in [0.4, 0.5) is 4.39 Å². The minimum absolute atomic E-state index is 0.261. The molecule has 0 heterocycles. The highest BCUT2D eigenvalue weighted by molar-refractivity contribution is 5.94. The fraction of sp³-hybridized carbons (Fsp3) is 0.467. The summed E-state index contributed by atoms with van der Waals surface area (Å²) in [6.07, 6.45) is 1.19. The number of halogens is 1. The number of ether oxygens (including phenoxy) is 1. The van der Waals surface area contributed by atoms with Gasteiger partial charge in [0.15, 0.2) is 0 Å². The van der Waals surface area contributed by atoms with Crippen LogP contribution in [0.5, 0.6) is 0 Å². The average molecular weight is 279 g/mol. The van der Waals surface area contributed by atoms with Gasteiger partial charge >= 0.3 is 5.97 Å². The van der Waals surface area contributed by atoms with E-state index >= 15 is 0 Å². The van der Waals surface area contributed by atoms with Crippen LogP contribution in [0.1, 0.15) is 32.3 Å². The van der Waals surface area contributed by atoms with Crippen LogP contribution in [0.15, 0.2) is 24.3 Å². The minimum Gasteiger partial charge on any atom is -0.464 e. The quantitative estimate of drug-likeness (QED) is 0.838. The summed E-state index contributed by atoms with van der Waals surface area (Å²) >= 11 is 0. The van der Waals surface area contributed by atoms with E-state index in [0.29, 0.717) is 18.4 Å². The molecule has 0 aliphatic heterocycles. The lowest BCUT2D eigenvalue weighted by molar-refractivity contribution is -0.147. The Bertz CT molecular complexity index is 526. The van der Waals surface area contributed by atoms with Gasteiger partial charge in [-0.05, 0) is 32.8 Å². The zero-order chi connectivity index (χ0) is 14.8. The molecule has 0 spiro atoms. The van der Waals surface area contributed by atoms with Crippen molar-refractivity contribution in [3.8, 4) is 0 Å². The molecule has 0 saturated heterocycles. The molecule has 1 aliphatic rings. The summed E-state index contributed by atoms with van der Waals surface area (Å²) in [7, 11) is 0. The molecule has 1 amide bonds. The smallest absolute Gasteiger partial charge is 0.328 e. The summed E-state index contributed by atoms with van der Waals surface area (Å²) in [6.45, 7) is 3.53. The predicted octanol–water partition coefficient (Wildman–Crippen LogP) is 1.93. The fourth-order valence-electron chi connectivity index (χ4n) is 2.25. The third-order valence-electron chi connectivity index (χ3n) is 3.56. The molecule has 1 atom stereocenters. The number of hydrogen-bond acceptors (Lipinski definition) is 3. The van der Waals surface area contributed by atoms with Crippen LogP contribution in [-0.4, -0.2) is 24.5 Å². The van der Waals surface area contributed by atoms with Crippen LogP contribution in [0.25, 0.3) is 0 Å². The van der Waals surface area contributed by atoms with E-state index in [0.717, 1.165) is 0 Å². The Hall–Kier alpha value is -1.91. The van der Waals surface area contributed by atoms with Crippen molar-refractivity contribution in [2.45, 2.75) is 38.1 Å². The molecule has 1 saturated carbocycles. The zero-order valence-electron chi connectivity index (χ0n) is 11.6. The Morgan fingerprint density at radius 2 is 2.05 bits per heavy atom. The Morgan fingerprint density at radius 1 is 1.40 bits per heavy atom. The van der Waals surface area contributed by atoms with Gasteiger partial charge in [-0.1, -0.05) is 18.2 Å². The maximum absolute atomic E-state index is 13.8. The molecule has 0 radical (unpaired) electrons. The van der Waals surface area contributed by atoms with E-state index < -0.39 is 17.4 Å². The summed E-state index contributed by atoms with van der Waals surface area (Å²) in [6, 6.07) is 5.54. The maximum atomic E-state index is 13.8. The van der Waals surface area contributed by atoms with Crippen molar-refractivity contribution in [2.24, 2.45) is 0 Å². The molecule has 1 aliphatic carbocycles. The Labute approximate surface area is 117 Å². The van der Waals surface area contributed by atoms with Gasteiger partial charge in [-0.25, -0.2) is 9.18 Å². The Kier molecular flexibility index (Phi) is 4.06. The van der Waals surface area contributed by atoms with Crippen LogP contribution < -0.4 is 5.32 Å². The normalized spacial score (nSPS) is 17.1. The molecule has 0 aromatic heterocycles. The van der Waals surface area contributed by atoms with Gasteiger partial charge in [0.05, 0.1) is 12.0 Å². The standard InChI is InChI=1S/C15H18FNO3/c1-3-20-13(18)10(2)17-14(19)15(8-9-15)11-6-4-5-7-12(11)16/h4-7,10H,3,8-9H2,1-2H3,(H,17,19)/t10-/m0/s1. The lowest BCUT2D eigenvalue weighted by atomic mass is 9.94. The molecule has 20 heavy (non-hydrogen) atoms. The Balaban J connectivity index is 2.10. The van der Waals surface area contributed by atoms with E-state index in [4.69, 9.17) is 4.74 Å². The Morgan fingerprint density at radius 3 is 2.60 bits per heavy atom. The van der Waals surface area contributed by atoms with Crippen molar-refractivity contribution in [3.63, 3.8) is 0 Å². The highest BCUT2D eigenvalue weighted by atomic mass is 19.1. The number of benzene rings is 1. The summed E-state index contributed by atoms with van der Waals surface area (Å²) in [5.41, 5.74) is -0.430. The maximum Gasteiger partial charge on any atom is 0.328 e. The van der Waals surface area contributed by atoms with Crippen LogP contribution in [-0.2, 0) is 19.7 Å². The van der Waals surface area contributed by atoms with Crippen LogP contribution >= 0.6 is 0 Å². The van der Waals surface area contributed by atoms with Gasteiger partial charge in [0, 0.05) is 5.56 Å². The van der Waals surface area contributed by atoms with Crippen molar-refractivity contribution in [1.82, 2.24) is 5.32 Å². The second-order valence-electron chi connectivity index (χ2n) is 5.01. The third-order valence-corrected chi connectivity index (χ3v) is 3.56. The van der Waals surface area contributed by atoms with Gasteiger partial charge < -0.3 is 10.1 Å².